The lowest BCUT2D eigenvalue weighted by Crippen LogP contribution is -2.52. The van der Waals surface area contributed by atoms with E-state index in [2.05, 4.69) is 0 Å². The molecule has 0 bridgehead atoms. The van der Waals surface area contributed by atoms with Crippen LogP contribution < -0.4 is 0 Å². The number of aryl methyl sites for hydroxylation is 4. The van der Waals surface area contributed by atoms with Crippen molar-refractivity contribution < 1.29 is 38.5 Å². The lowest BCUT2D eigenvalue weighted by atomic mass is 10.2. The molecule has 0 N–H and O–H groups in total. The Balaban J connectivity index is 2.07. The first-order valence-electron chi connectivity index (χ1n) is 12.8. The molecule has 0 radical (unpaired) electrons. The number of carbonyl (C=O) groups is 1. The van der Waals surface area contributed by atoms with Crippen LogP contribution in [0.3, 0.4) is 0 Å². The van der Waals surface area contributed by atoms with Crippen LogP contribution in [0.2, 0.25) is 0 Å². The summed E-state index contributed by atoms with van der Waals surface area (Å²) < 4.78 is 111. The highest BCUT2D eigenvalue weighted by atomic mass is 32.3. The quantitative estimate of drug-likeness (QED) is 0.262. The van der Waals surface area contributed by atoms with Gasteiger partial charge in [0.15, 0.2) is 0 Å². The Labute approximate surface area is 257 Å². The molecule has 11 nitrogen and oxygen atoms in total. The monoisotopic (exact) mass is 676 g/mol. The molecule has 0 fully saturated rings. The number of rotatable bonds is 8. The van der Waals surface area contributed by atoms with Crippen LogP contribution in [0.4, 0.5) is 4.79 Å². The van der Waals surface area contributed by atoms with Crippen LogP contribution in [0, 0.1) is 27.7 Å². The molecule has 232 valence electrons. The largest absolute Gasteiger partial charge is 0.377 e. The van der Waals surface area contributed by atoms with Crippen molar-refractivity contribution in [2.45, 2.75) is 47.3 Å². The van der Waals surface area contributed by atoms with Gasteiger partial charge in [0.05, 0.1) is 19.6 Å². The van der Waals surface area contributed by atoms with Crippen molar-refractivity contribution in [1.82, 2.24) is 7.42 Å². The van der Waals surface area contributed by atoms with E-state index in [1.54, 1.807) is 27.7 Å². The van der Waals surface area contributed by atoms with Crippen molar-refractivity contribution >= 4 is 46.1 Å². The van der Waals surface area contributed by atoms with Crippen molar-refractivity contribution in [3.8, 4) is 0 Å². The summed E-state index contributed by atoms with van der Waals surface area (Å²) in [5.41, 5.74) is 2.37. The highest BCUT2D eigenvalue weighted by molar-refractivity contribution is 8.07. The number of benzene rings is 4. The molecule has 0 aliphatic carbocycles. The van der Waals surface area contributed by atoms with Gasteiger partial charge in [-0.15, -0.1) is 7.42 Å². The third-order valence-electron chi connectivity index (χ3n) is 6.46. The standard InChI is InChI=1S/C29H28N2O9S4/c1-21-5-13-25(14-6-21)41(33,34)30(42(35,36)26-15-7-22(2)8-16-26)29(32)31(43(37,38)27-17-9-23(3)10-18-27)44(39,40)28-19-11-24(4)12-20-28/h5-20H,1-4H3. The van der Waals surface area contributed by atoms with Gasteiger partial charge in [-0.3, -0.25) is 0 Å². The maximum Gasteiger partial charge on any atom is 0.377 e. The van der Waals surface area contributed by atoms with Gasteiger partial charge in [0.1, 0.15) is 0 Å². The predicted octanol–water partition coefficient (Wildman–Crippen LogP) is 4.50. The molecule has 0 saturated carbocycles. The highest BCUT2D eigenvalue weighted by Crippen LogP contribution is 2.32. The van der Waals surface area contributed by atoms with Gasteiger partial charge in [0, 0.05) is 0 Å². The fraction of sp³-hybridized carbons (Fsp3) is 0.138. The minimum Gasteiger partial charge on any atom is -0.244 e. The topological polar surface area (TPSA) is 160 Å². The zero-order chi connectivity index (χ0) is 32.7. The SMILES string of the molecule is Cc1ccc(S(=O)(=O)N(C(=O)N(S(=O)(=O)c2ccc(C)cc2)S(=O)(=O)c2ccc(C)cc2)S(=O)(=O)c2ccc(C)cc2)cc1. The normalized spacial score (nSPS) is 12.5. The summed E-state index contributed by atoms with van der Waals surface area (Å²) in [5, 5.41) is 0. The van der Waals surface area contributed by atoms with Gasteiger partial charge in [-0.05, 0) is 76.2 Å². The molecule has 0 atom stereocenters. The van der Waals surface area contributed by atoms with E-state index < -0.39 is 73.1 Å². The van der Waals surface area contributed by atoms with Crippen molar-refractivity contribution in [2.24, 2.45) is 0 Å². The minimum absolute atomic E-state index is 0.591. The predicted molar refractivity (Wildman–Crippen MR) is 163 cm³/mol. The number of urea groups is 1. The zero-order valence-electron chi connectivity index (χ0n) is 23.9. The number of nitrogens with zero attached hydrogens (tertiary/aromatic N) is 2. The first kappa shape index (κ1) is 32.9. The van der Waals surface area contributed by atoms with Crippen LogP contribution in [0.5, 0.6) is 0 Å². The van der Waals surface area contributed by atoms with Crippen LogP contribution in [-0.2, 0) is 40.1 Å². The summed E-state index contributed by atoms with van der Waals surface area (Å²) in [6.45, 7) is 6.53. The molecule has 2 amide bonds. The van der Waals surface area contributed by atoms with Gasteiger partial charge < -0.3 is 0 Å². The summed E-state index contributed by atoms with van der Waals surface area (Å²) in [4.78, 5) is 11.5. The van der Waals surface area contributed by atoms with Crippen molar-refractivity contribution in [1.29, 1.82) is 0 Å². The number of sulfonamides is 4. The second kappa shape index (κ2) is 11.8. The summed E-state index contributed by atoms with van der Waals surface area (Å²) in [7, 11) is -21.8. The molecule has 0 heterocycles. The van der Waals surface area contributed by atoms with Gasteiger partial charge >= 0.3 is 6.03 Å². The smallest absolute Gasteiger partial charge is 0.244 e. The van der Waals surface area contributed by atoms with E-state index in [-0.39, 0.29) is 0 Å². The molecule has 0 unspecified atom stereocenters. The molecule has 44 heavy (non-hydrogen) atoms. The van der Waals surface area contributed by atoms with Crippen molar-refractivity contribution in [3.63, 3.8) is 0 Å². The second-order valence-electron chi connectivity index (χ2n) is 9.95. The van der Waals surface area contributed by atoms with Gasteiger partial charge in [-0.2, -0.15) is 33.7 Å². The van der Waals surface area contributed by atoms with Crippen LogP contribution >= 0.6 is 0 Å². The average Bonchev–Trinajstić information content (AvgIpc) is 2.93. The molecule has 0 spiro atoms. The Morgan fingerprint density at radius 3 is 0.682 bits per heavy atom. The summed E-state index contributed by atoms with van der Waals surface area (Å²) in [5.74, 6) is 0. The Hall–Kier alpha value is -4.05. The van der Waals surface area contributed by atoms with Crippen molar-refractivity contribution in [2.75, 3.05) is 0 Å². The molecular weight excluding hydrogens is 649 g/mol. The van der Waals surface area contributed by atoms with E-state index in [4.69, 9.17) is 0 Å². The third kappa shape index (κ3) is 6.13. The third-order valence-corrected chi connectivity index (χ3v) is 14.7. The molecule has 0 aromatic heterocycles. The number of hydrogen-bond acceptors (Lipinski definition) is 9. The zero-order valence-corrected chi connectivity index (χ0v) is 27.2. The Bertz CT molecular complexity index is 1840. The van der Waals surface area contributed by atoms with E-state index in [0.717, 1.165) is 48.5 Å². The lowest BCUT2D eigenvalue weighted by Gasteiger charge is -2.28. The van der Waals surface area contributed by atoms with Crippen LogP contribution in [0.1, 0.15) is 22.3 Å². The first-order chi connectivity index (χ1) is 20.4. The van der Waals surface area contributed by atoms with Gasteiger partial charge in [0.25, 0.3) is 40.1 Å². The maximum atomic E-state index is 14.3. The van der Waals surface area contributed by atoms with Crippen LogP contribution in [-0.4, -0.2) is 47.1 Å². The highest BCUT2D eigenvalue weighted by Gasteiger charge is 2.51. The van der Waals surface area contributed by atoms with Crippen molar-refractivity contribution in [3.05, 3.63) is 119 Å². The molecule has 4 aromatic rings. The number of hydrogen-bond donors (Lipinski definition) is 0. The van der Waals surface area contributed by atoms with E-state index in [9.17, 15) is 38.5 Å². The minimum atomic E-state index is -5.45. The van der Waals surface area contributed by atoms with Crippen LogP contribution in [0.15, 0.2) is 117 Å². The van der Waals surface area contributed by atoms with Gasteiger partial charge in [-0.25, -0.2) is 4.79 Å². The van der Waals surface area contributed by atoms with Gasteiger partial charge in [-0.1, -0.05) is 70.8 Å². The Kier molecular flexibility index (Phi) is 8.81. The fourth-order valence-electron chi connectivity index (χ4n) is 3.96. The molecule has 4 aromatic carbocycles. The fourth-order valence-corrected chi connectivity index (χ4v) is 11.1. The number of amides is 2. The maximum absolute atomic E-state index is 14.3. The molecule has 0 aliphatic rings. The van der Waals surface area contributed by atoms with Crippen LogP contribution in [0.25, 0.3) is 0 Å². The first-order valence-corrected chi connectivity index (χ1v) is 18.6. The Morgan fingerprint density at radius 1 is 0.364 bits per heavy atom. The van der Waals surface area contributed by atoms with E-state index in [1.807, 2.05) is 0 Å². The lowest BCUT2D eigenvalue weighted by molar-refractivity contribution is 0.229. The number of carbonyl (C=O) groups excluding carboxylic acids is 1. The molecule has 0 saturated heterocycles. The van der Waals surface area contributed by atoms with E-state index in [0.29, 0.717) is 22.3 Å². The van der Waals surface area contributed by atoms with E-state index >= 15 is 0 Å². The molecule has 15 heteroatoms. The molecule has 0 aliphatic heterocycles. The van der Waals surface area contributed by atoms with E-state index in [1.165, 1.54) is 48.5 Å². The Morgan fingerprint density at radius 2 is 0.523 bits per heavy atom. The van der Waals surface area contributed by atoms with Gasteiger partial charge in [0.2, 0.25) is 0 Å². The molecule has 4 rings (SSSR count). The summed E-state index contributed by atoms with van der Waals surface area (Å²) in [6.07, 6.45) is 0. The summed E-state index contributed by atoms with van der Waals surface area (Å²) >= 11 is 0. The molecular formula is C29H28N2O9S4. The second-order valence-corrected chi connectivity index (χ2v) is 17.6. The summed E-state index contributed by atoms with van der Waals surface area (Å²) in [6, 6.07) is 16.4. The average molecular weight is 677 g/mol.